The number of hydrogen-bond acceptors (Lipinski definition) is 3. The van der Waals surface area contributed by atoms with Crippen LogP contribution in [0.5, 0.6) is 0 Å². The molecule has 2 heterocycles. The Morgan fingerprint density at radius 1 is 1.24 bits per heavy atom. The van der Waals surface area contributed by atoms with Crippen molar-refractivity contribution in [2.75, 3.05) is 23.8 Å². The van der Waals surface area contributed by atoms with E-state index in [9.17, 15) is 0 Å². The van der Waals surface area contributed by atoms with Gasteiger partial charge in [0.15, 0.2) is 0 Å². The first-order valence-electron chi connectivity index (χ1n) is 5.86. The Bertz CT molecular complexity index is 522. The van der Waals surface area contributed by atoms with Gasteiger partial charge >= 0.3 is 0 Å². The summed E-state index contributed by atoms with van der Waals surface area (Å²) in [5.41, 5.74) is 3.82. The summed E-state index contributed by atoms with van der Waals surface area (Å²) < 4.78 is 0. The van der Waals surface area contributed by atoms with Gasteiger partial charge in [0.2, 0.25) is 0 Å². The van der Waals surface area contributed by atoms with Crippen molar-refractivity contribution < 1.29 is 0 Å². The van der Waals surface area contributed by atoms with Gasteiger partial charge in [0, 0.05) is 31.2 Å². The van der Waals surface area contributed by atoms with Crippen LogP contribution in [0.15, 0.2) is 42.6 Å². The monoisotopic (exact) mass is 225 g/mol. The molecule has 0 atom stereocenters. The van der Waals surface area contributed by atoms with Crippen LogP contribution in [0.25, 0.3) is 0 Å². The quantitative estimate of drug-likeness (QED) is 0.851. The molecule has 3 heteroatoms. The Hall–Kier alpha value is -2.03. The van der Waals surface area contributed by atoms with E-state index in [0.717, 1.165) is 24.5 Å². The molecule has 0 fully saturated rings. The molecule has 86 valence electrons. The summed E-state index contributed by atoms with van der Waals surface area (Å²) in [6, 6.07) is 12.5. The fourth-order valence-corrected chi connectivity index (χ4v) is 2.17. The molecule has 0 radical (unpaired) electrons. The predicted molar refractivity (Wildman–Crippen MR) is 70.9 cm³/mol. The standard InChI is InChI=1S/C14H15N3/c1-17(14-4-2-3-8-16-14)12-6-5-11-7-9-15-13(11)10-12/h2-6,8,10,15H,7,9H2,1H3. The SMILES string of the molecule is CN(c1ccc2c(c1)NCC2)c1ccccn1. The largest absolute Gasteiger partial charge is 0.384 e. The topological polar surface area (TPSA) is 28.2 Å². The molecule has 0 saturated heterocycles. The Morgan fingerprint density at radius 3 is 3.00 bits per heavy atom. The molecule has 0 amide bonds. The molecular formula is C14H15N3. The lowest BCUT2D eigenvalue weighted by Crippen LogP contribution is -2.10. The van der Waals surface area contributed by atoms with Crippen molar-refractivity contribution in [3.05, 3.63) is 48.2 Å². The molecule has 2 aromatic rings. The van der Waals surface area contributed by atoms with Crippen LogP contribution in [0, 0.1) is 0 Å². The molecule has 17 heavy (non-hydrogen) atoms. The summed E-state index contributed by atoms with van der Waals surface area (Å²) >= 11 is 0. The fourth-order valence-electron chi connectivity index (χ4n) is 2.17. The van der Waals surface area contributed by atoms with Crippen molar-refractivity contribution in [1.29, 1.82) is 0 Å². The lowest BCUT2D eigenvalue weighted by molar-refractivity contribution is 1.10. The summed E-state index contributed by atoms with van der Waals surface area (Å²) in [5, 5.41) is 3.40. The number of hydrogen-bond donors (Lipinski definition) is 1. The maximum atomic E-state index is 4.35. The second kappa shape index (κ2) is 4.09. The van der Waals surface area contributed by atoms with Crippen molar-refractivity contribution in [3.63, 3.8) is 0 Å². The lowest BCUT2D eigenvalue weighted by Gasteiger charge is -2.19. The number of anilines is 3. The van der Waals surface area contributed by atoms with E-state index < -0.39 is 0 Å². The first-order chi connectivity index (χ1) is 8.34. The third-order valence-corrected chi connectivity index (χ3v) is 3.18. The van der Waals surface area contributed by atoms with E-state index in [1.165, 1.54) is 11.3 Å². The van der Waals surface area contributed by atoms with Crippen LogP contribution in [-0.2, 0) is 6.42 Å². The van der Waals surface area contributed by atoms with Crippen LogP contribution < -0.4 is 10.2 Å². The second-order valence-corrected chi connectivity index (χ2v) is 4.27. The van der Waals surface area contributed by atoms with Gasteiger partial charge in [0.1, 0.15) is 5.82 Å². The van der Waals surface area contributed by atoms with Gasteiger partial charge in [-0.3, -0.25) is 0 Å². The summed E-state index contributed by atoms with van der Waals surface area (Å²) in [6.07, 6.45) is 2.94. The number of pyridine rings is 1. The Balaban J connectivity index is 1.94. The second-order valence-electron chi connectivity index (χ2n) is 4.27. The molecule has 0 bridgehead atoms. The Labute approximate surface area is 101 Å². The van der Waals surface area contributed by atoms with Crippen LogP contribution in [0.1, 0.15) is 5.56 Å². The Morgan fingerprint density at radius 2 is 2.18 bits per heavy atom. The summed E-state index contributed by atoms with van der Waals surface area (Å²) in [4.78, 5) is 6.45. The van der Waals surface area contributed by atoms with E-state index in [4.69, 9.17) is 0 Å². The van der Waals surface area contributed by atoms with E-state index in [1.54, 1.807) is 0 Å². The van der Waals surface area contributed by atoms with Crippen molar-refractivity contribution >= 4 is 17.2 Å². The zero-order valence-corrected chi connectivity index (χ0v) is 9.85. The van der Waals surface area contributed by atoms with E-state index in [1.807, 2.05) is 31.4 Å². The van der Waals surface area contributed by atoms with Crippen LogP contribution in [0.3, 0.4) is 0 Å². The predicted octanol–water partition coefficient (Wildman–Crippen LogP) is 2.82. The highest BCUT2D eigenvalue weighted by atomic mass is 15.2. The molecule has 3 rings (SSSR count). The van der Waals surface area contributed by atoms with E-state index in [0.29, 0.717) is 0 Å². The molecule has 3 nitrogen and oxygen atoms in total. The smallest absolute Gasteiger partial charge is 0.132 e. The van der Waals surface area contributed by atoms with Gasteiger partial charge < -0.3 is 10.2 Å². The Kier molecular flexibility index (Phi) is 2.44. The molecule has 1 aromatic carbocycles. The van der Waals surface area contributed by atoms with Gasteiger partial charge in [-0.05, 0) is 36.2 Å². The fraction of sp³-hybridized carbons (Fsp3) is 0.214. The number of aromatic nitrogens is 1. The van der Waals surface area contributed by atoms with E-state index in [-0.39, 0.29) is 0 Å². The number of benzene rings is 1. The maximum Gasteiger partial charge on any atom is 0.132 e. The third kappa shape index (κ3) is 1.84. The van der Waals surface area contributed by atoms with Crippen LogP contribution in [-0.4, -0.2) is 18.6 Å². The highest BCUT2D eigenvalue weighted by Crippen LogP contribution is 2.29. The average molecular weight is 225 g/mol. The van der Waals surface area contributed by atoms with Crippen LogP contribution in [0.4, 0.5) is 17.2 Å². The third-order valence-electron chi connectivity index (χ3n) is 3.18. The minimum atomic E-state index is 0.963. The molecule has 0 saturated carbocycles. The van der Waals surface area contributed by atoms with Gasteiger partial charge in [-0.15, -0.1) is 0 Å². The van der Waals surface area contributed by atoms with Gasteiger partial charge in [-0.1, -0.05) is 12.1 Å². The molecule has 0 unspecified atom stereocenters. The maximum absolute atomic E-state index is 4.35. The molecule has 0 spiro atoms. The number of nitrogens with one attached hydrogen (secondary N) is 1. The summed E-state index contributed by atoms with van der Waals surface area (Å²) in [7, 11) is 2.04. The van der Waals surface area contributed by atoms with Crippen LogP contribution in [0.2, 0.25) is 0 Å². The van der Waals surface area contributed by atoms with Gasteiger partial charge in [-0.25, -0.2) is 4.98 Å². The minimum Gasteiger partial charge on any atom is -0.384 e. The average Bonchev–Trinajstić information content (AvgIpc) is 2.86. The van der Waals surface area contributed by atoms with E-state index in [2.05, 4.69) is 33.4 Å². The van der Waals surface area contributed by atoms with E-state index >= 15 is 0 Å². The molecule has 1 aliphatic rings. The van der Waals surface area contributed by atoms with Gasteiger partial charge in [-0.2, -0.15) is 0 Å². The minimum absolute atomic E-state index is 0.963. The lowest BCUT2D eigenvalue weighted by atomic mass is 10.1. The van der Waals surface area contributed by atoms with Crippen LogP contribution >= 0.6 is 0 Å². The zero-order chi connectivity index (χ0) is 11.7. The van der Waals surface area contributed by atoms with Gasteiger partial charge in [0.25, 0.3) is 0 Å². The van der Waals surface area contributed by atoms with Crippen molar-refractivity contribution in [2.24, 2.45) is 0 Å². The number of fused-ring (bicyclic) bond motifs is 1. The normalized spacial score (nSPS) is 13.0. The highest BCUT2D eigenvalue weighted by molar-refractivity contribution is 5.68. The zero-order valence-electron chi connectivity index (χ0n) is 9.85. The highest BCUT2D eigenvalue weighted by Gasteiger charge is 2.12. The molecule has 1 aromatic heterocycles. The van der Waals surface area contributed by atoms with Crippen molar-refractivity contribution in [3.8, 4) is 0 Å². The molecular weight excluding hydrogens is 210 g/mol. The first-order valence-corrected chi connectivity index (χ1v) is 5.86. The number of rotatable bonds is 2. The molecule has 1 aliphatic heterocycles. The van der Waals surface area contributed by atoms with Crippen molar-refractivity contribution in [1.82, 2.24) is 4.98 Å². The molecule has 1 N–H and O–H groups in total. The van der Waals surface area contributed by atoms with Crippen molar-refractivity contribution in [2.45, 2.75) is 6.42 Å². The van der Waals surface area contributed by atoms with Gasteiger partial charge in [0.05, 0.1) is 0 Å². The molecule has 0 aliphatic carbocycles. The summed E-state index contributed by atoms with van der Waals surface area (Å²) in [6.45, 7) is 1.05. The summed E-state index contributed by atoms with van der Waals surface area (Å²) in [5.74, 6) is 0.963. The number of nitrogens with zero attached hydrogens (tertiary/aromatic N) is 2. The first kappa shape index (κ1) is 10.1.